The van der Waals surface area contributed by atoms with E-state index in [1.807, 2.05) is 7.05 Å². The van der Waals surface area contributed by atoms with Crippen LogP contribution in [0.4, 0.5) is 0 Å². The van der Waals surface area contributed by atoms with Crippen LogP contribution in [-0.2, 0) is 0 Å². The molecule has 1 atom stereocenters. The molecule has 0 spiro atoms. The van der Waals surface area contributed by atoms with Gasteiger partial charge < -0.3 is 25.2 Å². The van der Waals surface area contributed by atoms with Crippen LogP contribution < -0.4 is 15.4 Å². The van der Waals surface area contributed by atoms with E-state index in [-0.39, 0.29) is 24.0 Å². The molecule has 8 heteroatoms. The fraction of sp³-hybridized carbons (Fsp3) is 0.720. The molecule has 0 aromatic heterocycles. The molecule has 33 heavy (non-hydrogen) atoms. The van der Waals surface area contributed by atoms with Gasteiger partial charge in [-0.05, 0) is 83.2 Å². The van der Waals surface area contributed by atoms with E-state index < -0.39 is 0 Å². The van der Waals surface area contributed by atoms with E-state index in [1.54, 1.807) is 7.11 Å². The Hall–Kier alpha value is -1.10. The Kier molecular flexibility index (Phi) is 13.4. The van der Waals surface area contributed by atoms with Crippen LogP contribution in [0.5, 0.6) is 5.75 Å². The van der Waals surface area contributed by atoms with Crippen LogP contribution in [0.3, 0.4) is 0 Å². The molecule has 2 N–H and O–H groups in total. The van der Waals surface area contributed by atoms with Gasteiger partial charge in [-0.25, -0.2) is 0 Å². The summed E-state index contributed by atoms with van der Waals surface area (Å²) in [6.45, 7) is 10.1. The van der Waals surface area contributed by atoms with Gasteiger partial charge in [-0.15, -0.1) is 24.0 Å². The van der Waals surface area contributed by atoms with Crippen molar-refractivity contribution < 1.29 is 4.74 Å². The van der Waals surface area contributed by atoms with Crippen molar-refractivity contribution in [1.82, 2.24) is 25.3 Å². The lowest BCUT2D eigenvalue weighted by atomic mass is 10.0. The molecule has 1 unspecified atom stereocenters. The van der Waals surface area contributed by atoms with Crippen molar-refractivity contribution in [2.24, 2.45) is 4.99 Å². The van der Waals surface area contributed by atoms with Crippen LogP contribution in [0.15, 0.2) is 29.3 Å². The number of nitrogens with zero attached hydrogens (tertiary/aromatic N) is 4. The molecule has 0 saturated carbocycles. The van der Waals surface area contributed by atoms with Gasteiger partial charge in [0.1, 0.15) is 5.75 Å². The van der Waals surface area contributed by atoms with Gasteiger partial charge in [0.15, 0.2) is 5.96 Å². The Balaban J connectivity index is 0.00000385. The number of piperidine rings is 1. The van der Waals surface area contributed by atoms with Gasteiger partial charge in [0.25, 0.3) is 0 Å². The van der Waals surface area contributed by atoms with Crippen molar-refractivity contribution in [2.75, 3.05) is 80.1 Å². The highest BCUT2D eigenvalue weighted by Crippen LogP contribution is 2.25. The second-order valence-electron chi connectivity index (χ2n) is 9.12. The largest absolute Gasteiger partial charge is 0.497 e. The van der Waals surface area contributed by atoms with E-state index in [9.17, 15) is 0 Å². The highest BCUT2D eigenvalue weighted by molar-refractivity contribution is 14.0. The third-order valence-corrected chi connectivity index (χ3v) is 6.77. The Morgan fingerprint density at radius 3 is 2.42 bits per heavy atom. The number of halogens is 1. The number of likely N-dealkylation sites (N-methyl/N-ethyl adjacent to an activating group) is 1. The summed E-state index contributed by atoms with van der Waals surface area (Å²) >= 11 is 0. The van der Waals surface area contributed by atoms with Gasteiger partial charge in [-0.2, -0.15) is 0 Å². The molecule has 2 saturated heterocycles. The van der Waals surface area contributed by atoms with Crippen LogP contribution in [-0.4, -0.2) is 101 Å². The smallest absolute Gasteiger partial charge is 0.191 e. The van der Waals surface area contributed by atoms with Crippen molar-refractivity contribution in [3.05, 3.63) is 29.8 Å². The summed E-state index contributed by atoms with van der Waals surface area (Å²) in [7, 11) is 5.81. The Morgan fingerprint density at radius 2 is 1.73 bits per heavy atom. The standard InChI is InChI=1S/C25H44N6O.HI/c1-26-25(27-13-7-15-30-16-8-14-29(2)19-20-30)28-21-24(31-17-5-4-6-18-31)22-9-11-23(32-3)12-10-22;/h9-12,24H,4-8,13-21H2,1-3H3,(H2,26,27,28);1H. The molecule has 188 valence electrons. The first kappa shape index (κ1) is 28.1. The Morgan fingerprint density at radius 1 is 0.970 bits per heavy atom. The third-order valence-electron chi connectivity index (χ3n) is 6.77. The summed E-state index contributed by atoms with van der Waals surface area (Å²) in [6.07, 6.45) is 6.32. The van der Waals surface area contributed by atoms with Gasteiger partial charge in [0.05, 0.1) is 13.2 Å². The van der Waals surface area contributed by atoms with E-state index in [4.69, 9.17) is 4.74 Å². The first-order chi connectivity index (χ1) is 15.7. The Bertz CT molecular complexity index is 680. The molecule has 2 fully saturated rings. The van der Waals surface area contributed by atoms with Crippen LogP contribution in [0.25, 0.3) is 0 Å². The zero-order chi connectivity index (χ0) is 22.6. The zero-order valence-electron chi connectivity index (χ0n) is 20.9. The number of hydrogen-bond acceptors (Lipinski definition) is 5. The second kappa shape index (κ2) is 15.7. The van der Waals surface area contributed by atoms with Crippen LogP contribution in [0, 0.1) is 0 Å². The zero-order valence-corrected chi connectivity index (χ0v) is 23.2. The van der Waals surface area contributed by atoms with Crippen LogP contribution in [0.1, 0.15) is 43.7 Å². The first-order valence-corrected chi connectivity index (χ1v) is 12.4. The summed E-state index contributed by atoms with van der Waals surface area (Å²) in [5, 5.41) is 7.12. The maximum Gasteiger partial charge on any atom is 0.191 e. The molecule has 7 nitrogen and oxygen atoms in total. The number of aliphatic imine (C=N–C) groups is 1. The lowest BCUT2D eigenvalue weighted by molar-refractivity contribution is 0.164. The molecule has 0 amide bonds. The van der Waals surface area contributed by atoms with Crippen molar-refractivity contribution in [3.8, 4) is 5.75 Å². The lowest BCUT2D eigenvalue weighted by Gasteiger charge is -2.35. The molecular weight excluding hydrogens is 527 g/mol. The molecule has 1 aromatic carbocycles. The second-order valence-corrected chi connectivity index (χ2v) is 9.12. The summed E-state index contributed by atoms with van der Waals surface area (Å²) in [4.78, 5) is 12.1. The molecule has 0 bridgehead atoms. The highest BCUT2D eigenvalue weighted by atomic mass is 127. The number of methoxy groups -OCH3 is 1. The minimum Gasteiger partial charge on any atom is -0.497 e. The summed E-state index contributed by atoms with van der Waals surface area (Å²) in [5.74, 6) is 1.81. The van der Waals surface area contributed by atoms with E-state index in [1.165, 1.54) is 57.4 Å². The van der Waals surface area contributed by atoms with E-state index >= 15 is 0 Å². The lowest BCUT2D eigenvalue weighted by Crippen LogP contribution is -2.45. The van der Waals surface area contributed by atoms with E-state index in [0.29, 0.717) is 6.04 Å². The predicted molar refractivity (Wildman–Crippen MR) is 149 cm³/mol. The minimum atomic E-state index is 0. The molecular formula is C25H45IN6O. The molecule has 0 radical (unpaired) electrons. The average Bonchev–Trinajstić information content (AvgIpc) is 3.05. The topological polar surface area (TPSA) is 55.4 Å². The van der Waals surface area contributed by atoms with E-state index in [2.05, 4.69) is 61.6 Å². The monoisotopic (exact) mass is 572 g/mol. The average molecular weight is 573 g/mol. The maximum absolute atomic E-state index is 5.36. The fourth-order valence-corrected chi connectivity index (χ4v) is 4.76. The van der Waals surface area contributed by atoms with Gasteiger partial charge >= 0.3 is 0 Å². The number of hydrogen-bond donors (Lipinski definition) is 2. The van der Waals surface area contributed by atoms with Gasteiger partial charge in [0, 0.05) is 33.2 Å². The van der Waals surface area contributed by atoms with Crippen molar-refractivity contribution in [1.29, 1.82) is 0 Å². The number of nitrogens with one attached hydrogen (secondary N) is 2. The molecule has 2 aliphatic rings. The molecule has 3 rings (SSSR count). The van der Waals surface area contributed by atoms with Crippen molar-refractivity contribution in [3.63, 3.8) is 0 Å². The third kappa shape index (κ3) is 9.58. The number of ether oxygens (including phenoxy) is 1. The summed E-state index contributed by atoms with van der Waals surface area (Å²) < 4.78 is 5.36. The number of rotatable bonds is 9. The number of likely N-dealkylation sites (tertiary alicyclic amines) is 1. The maximum atomic E-state index is 5.36. The molecule has 1 aromatic rings. The molecule has 2 heterocycles. The predicted octanol–water partition coefficient (Wildman–Crippen LogP) is 3.03. The normalized spacial score (nSPS) is 19.9. The molecule has 0 aliphatic carbocycles. The van der Waals surface area contributed by atoms with E-state index in [0.717, 1.165) is 50.9 Å². The summed E-state index contributed by atoms with van der Waals surface area (Å²) in [5.41, 5.74) is 1.33. The van der Waals surface area contributed by atoms with Gasteiger partial charge in [0.2, 0.25) is 0 Å². The van der Waals surface area contributed by atoms with Crippen molar-refractivity contribution in [2.45, 2.75) is 38.1 Å². The van der Waals surface area contributed by atoms with Crippen LogP contribution in [0.2, 0.25) is 0 Å². The Labute approximate surface area is 218 Å². The molecule has 2 aliphatic heterocycles. The quantitative estimate of drug-likeness (QED) is 0.206. The SMILES string of the molecule is CN=C(NCCCN1CCCN(C)CC1)NCC(c1ccc(OC)cc1)N1CCCCC1.I. The fourth-order valence-electron chi connectivity index (χ4n) is 4.76. The first-order valence-electron chi connectivity index (χ1n) is 12.4. The van der Waals surface area contributed by atoms with Gasteiger partial charge in [-0.1, -0.05) is 18.6 Å². The van der Waals surface area contributed by atoms with Gasteiger partial charge in [-0.3, -0.25) is 9.89 Å². The van der Waals surface area contributed by atoms with Crippen molar-refractivity contribution >= 4 is 29.9 Å². The number of guanidine groups is 1. The summed E-state index contributed by atoms with van der Waals surface area (Å²) in [6, 6.07) is 8.89. The highest BCUT2D eigenvalue weighted by Gasteiger charge is 2.22. The number of benzene rings is 1. The minimum absolute atomic E-state index is 0. The van der Waals surface area contributed by atoms with Crippen LogP contribution >= 0.6 is 24.0 Å².